The van der Waals surface area contributed by atoms with Crippen molar-refractivity contribution in [2.24, 2.45) is 4.99 Å². The molecule has 0 saturated heterocycles. The number of aromatic nitrogens is 1. The first-order chi connectivity index (χ1) is 12.4. The van der Waals surface area contributed by atoms with E-state index in [9.17, 15) is 0 Å². The van der Waals surface area contributed by atoms with Gasteiger partial charge in [0.1, 0.15) is 6.26 Å². The molecule has 2 N–H and O–H groups in total. The summed E-state index contributed by atoms with van der Waals surface area (Å²) in [6.45, 7) is 10.9. The van der Waals surface area contributed by atoms with E-state index in [-0.39, 0.29) is 28.7 Å². The minimum atomic E-state index is 0. The molecule has 7 heteroatoms. The van der Waals surface area contributed by atoms with Crippen LogP contribution in [0.25, 0.3) is 11.5 Å². The predicted octanol–water partition coefficient (Wildman–Crippen LogP) is 4.51. The summed E-state index contributed by atoms with van der Waals surface area (Å²) >= 11 is 1.82. The minimum absolute atomic E-state index is 0. The van der Waals surface area contributed by atoms with Crippen molar-refractivity contribution in [2.75, 3.05) is 25.9 Å². The number of hydrogen-bond donors (Lipinski definition) is 2. The van der Waals surface area contributed by atoms with E-state index < -0.39 is 0 Å². The number of nitrogens with one attached hydrogen (secondary N) is 2. The molecule has 150 valence electrons. The fourth-order valence-corrected chi connectivity index (χ4v) is 2.43. The molecular weight excluding hydrogens is 471 g/mol. The molecule has 0 aliphatic heterocycles. The van der Waals surface area contributed by atoms with E-state index in [1.165, 1.54) is 5.56 Å². The predicted molar refractivity (Wildman–Crippen MR) is 127 cm³/mol. The van der Waals surface area contributed by atoms with Crippen LogP contribution in [-0.4, -0.2) is 41.6 Å². The van der Waals surface area contributed by atoms with Crippen LogP contribution in [0.5, 0.6) is 0 Å². The average Bonchev–Trinajstić information content (AvgIpc) is 3.09. The Labute approximate surface area is 184 Å². The zero-order valence-electron chi connectivity index (χ0n) is 16.8. The first kappa shape index (κ1) is 23.8. The first-order valence-electron chi connectivity index (χ1n) is 9.02. The van der Waals surface area contributed by atoms with Gasteiger partial charge in [0, 0.05) is 29.8 Å². The Bertz CT molecular complexity index is 713. The van der Waals surface area contributed by atoms with Crippen molar-refractivity contribution in [3.8, 4) is 11.5 Å². The SMILES string of the molecule is CCNC(=NCC(C)(C)SC)NCCc1coc(-c2ccc(C)cc2)n1.I. The van der Waals surface area contributed by atoms with Gasteiger partial charge in [-0.15, -0.1) is 24.0 Å². The lowest BCUT2D eigenvalue weighted by atomic mass is 10.1. The maximum Gasteiger partial charge on any atom is 0.226 e. The Balaban J connectivity index is 0.00000364. The van der Waals surface area contributed by atoms with Crippen LogP contribution in [0.3, 0.4) is 0 Å². The summed E-state index contributed by atoms with van der Waals surface area (Å²) in [7, 11) is 0. The molecule has 0 fully saturated rings. The minimum Gasteiger partial charge on any atom is -0.444 e. The number of hydrogen-bond acceptors (Lipinski definition) is 4. The van der Waals surface area contributed by atoms with E-state index in [1.54, 1.807) is 6.26 Å². The molecule has 0 unspecified atom stereocenters. The van der Waals surface area contributed by atoms with Gasteiger partial charge in [-0.1, -0.05) is 17.7 Å². The number of halogens is 1. The van der Waals surface area contributed by atoms with Crippen molar-refractivity contribution in [1.29, 1.82) is 0 Å². The summed E-state index contributed by atoms with van der Waals surface area (Å²) in [5.74, 6) is 1.51. The Kier molecular flexibility index (Phi) is 10.2. The fourth-order valence-electron chi connectivity index (χ4n) is 2.24. The van der Waals surface area contributed by atoms with Gasteiger partial charge in [0.25, 0.3) is 0 Å². The highest BCUT2D eigenvalue weighted by Crippen LogP contribution is 2.21. The summed E-state index contributed by atoms with van der Waals surface area (Å²) in [4.78, 5) is 9.26. The van der Waals surface area contributed by atoms with E-state index in [0.29, 0.717) is 5.89 Å². The van der Waals surface area contributed by atoms with Gasteiger partial charge in [-0.25, -0.2) is 4.98 Å². The van der Waals surface area contributed by atoms with Crippen molar-refractivity contribution in [1.82, 2.24) is 15.6 Å². The molecule has 0 aliphatic carbocycles. The van der Waals surface area contributed by atoms with Crippen LogP contribution < -0.4 is 10.6 Å². The Morgan fingerprint density at radius 1 is 1.22 bits per heavy atom. The van der Waals surface area contributed by atoms with Gasteiger partial charge in [-0.3, -0.25) is 4.99 Å². The number of benzene rings is 1. The number of aliphatic imine (C=N–C) groups is 1. The smallest absolute Gasteiger partial charge is 0.226 e. The summed E-state index contributed by atoms with van der Waals surface area (Å²) in [6, 6.07) is 8.20. The van der Waals surface area contributed by atoms with E-state index >= 15 is 0 Å². The maximum atomic E-state index is 5.61. The number of oxazole rings is 1. The molecule has 27 heavy (non-hydrogen) atoms. The van der Waals surface area contributed by atoms with Crippen LogP contribution in [0, 0.1) is 6.92 Å². The molecule has 0 radical (unpaired) electrons. The van der Waals surface area contributed by atoms with Crippen LogP contribution in [0.2, 0.25) is 0 Å². The van der Waals surface area contributed by atoms with Crippen LogP contribution in [0.4, 0.5) is 0 Å². The standard InChI is InChI=1S/C20H30N4OS.HI/c1-6-21-19(23-14-20(3,4)26-5)22-12-11-17-13-25-18(24-17)16-9-7-15(2)8-10-16;/h7-10,13H,6,11-12,14H2,1-5H3,(H2,21,22,23);1H. The Morgan fingerprint density at radius 3 is 2.56 bits per heavy atom. The highest BCUT2D eigenvalue weighted by atomic mass is 127. The molecule has 2 rings (SSSR count). The second-order valence-electron chi connectivity index (χ2n) is 6.85. The molecule has 1 aromatic carbocycles. The molecule has 0 spiro atoms. The van der Waals surface area contributed by atoms with Crippen molar-refractivity contribution in [2.45, 2.75) is 38.9 Å². The third kappa shape index (κ3) is 8.13. The maximum absolute atomic E-state index is 5.61. The van der Waals surface area contributed by atoms with E-state index in [1.807, 2.05) is 23.9 Å². The van der Waals surface area contributed by atoms with Crippen LogP contribution in [0.1, 0.15) is 32.0 Å². The first-order valence-corrected chi connectivity index (χ1v) is 10.2. The highest BCUT2D eigenvalue weighted by molar-refractivity contribution is 14.0. The second-order valence-corrected chi connectivity index (χ2v) is 8.36. The quantitative estimate of drug-likeness (QED) is 0.316. The van der Waals surface area contributed by atoms with Gasteiger partial charge >= 0.3 is 0 Å². The number of thioether (sulfide) groups is 1. The highest BCUT2D eigenvalue weighted by Gasteiger charge is 2.15. The molecule has 0 amide bonds. The molecule has 1 aromatic heterocycles. The third-order valence-electron chi connectivity index (χ3n) is 4.04. The lowest BCUT2D eigenvalue weighted by molar-refractivity contribution is 0.572. The number of guanidine groups is 1. The Hall–Kier alpha value is -1.22. The van der Waals surface area contributed by atoms with Gasteiger partial charge in [-0.2, -0.15) is 11.8 Å². The van der Waals surface area contributed by atoms with Gasteiger partial charge in [-0.05, 0) is 46.1 Å². The van der Waals surface area contributed by atoms with Gasteiger partial charge < -0.3 is 15.1 Å². The summed E-state index contributed by atoms with van der Waals surface area (Å²) in [5.41, 5.74) is 3.17. The van der Waals surface area contributed by atoms with E-state index in [4.69, 9.17) is 4.42 Å². The summed E-state index contributed by atoms with van der Waals surface area (Å²) in [6.07, 6.45) is 4.63. The van der Waals surface area contributed by atoms with Crippen LogP contribution in [0.15, 0.2) is 39.9 Å². The summed E-state index contributed by atoms with van der Waals surface area (Å²) < 4.78 is 5.75. The fraction of sp³-hybridized carbons (Fsp3) is 0.500. The van der Waals surface area contributed by atoms with Gasteiger partial charge in [0.2, 0.25) is 5.89 Å². The Morgan fingerprint density at radius 2 is 1.93 bits per heavy atom. The lowest BCUT2D eigenvalue weighted by Crippen LogP contribution is -2.39. The molecule has 1 heterocycles. The topological polar surface area (TPSA) is 62.5 Å². The van der Waals surface area contributed by atoms with Crippen molar-refractivity contribution in [3.05, 3.63) is 41.8 Å². The van der Waals surface area contributed by atoms with Crippen molar-refractivity contribution >= 4 is 41.7 Å². The van der Waals surface area contributed by atoms with E-state index in [0.717, 1.165) is 43.3 Å². The van der Waals surface area contributed by atoms with E-state index in [2.05, 4.69) is 66.7 Å². The molecule has 0 aliphatic rings. The largest absolute Gasteiger partial charge is 0.444 e. The molecular formula is C20H31IN4OS. The second kappa shape index (κ2) is 11.6. The summed E-state index contributed by atoms with van der Waals surface area (Å²) in [5, 5.41) is 6.66. The van der Waals surface area contributed by atoms with Crippen LogP contribution in [-0.2, 0) is 6.42 Å². The van der Waals surface area contributed by atoms with Crippen LogP contribution >= 0.6 is 35.7 Å². The normalized spacial score (nSPS) is 11.8. The lowest BCUT2D eigenvalue weighted by Gasteiger charge is -2.20. The number of nitrogens with zero attached hydrogens (tertiary/aromatic N) is 2. The van der Waals surface area contributed by atoms with Gasteiger partial charge in [0.05, 0.1) is 12.2 Å². The van der Waals surface area contributed by atoms with Crippen molar-refractivity contribution in [3.63, 3.8) is 0 Å². The molecule has 0 atom stereocenters. The third-order valence-corrected chi connectivity index (χ3v) is 5.27. The molecule has 2 aromatic rings. The molecule has 0 bridgehead atoms. The van der Waals surface area contributed by atoms with Crippen molar-refractivity contribution < 1.29 is 4.42 Å². The molecule has 0 saturated carbocycles. The zero-order chi connectivity index (χ0) is 19.0. The average molecular weight is 502 g/mol. The number of rotatable bonds is 8. The zero-order valence-corrected chi connectivity index (χ0v) is 20.0. The number of aryl methyl sites for hydroxylation is 1. The molecule has 5 nitrogen and oxygen atoms in total. The van der Waals surface area contributed by atoms with Gasteiger partial charge in [0.15, 0.2) is 5.96 Å². The monoisotopic (exact) mass is 502 g/mol.